The van der Waals surface area contributed by atoms with Crippen LogP contribution in [0, 0.1) is 5.92 Å². The maximum atomic E-state index is 12.2. The van der Waals surface area contributed by atoms with Crippen molar-refractivity contribution in [3.05, 3.63) is 23.8 Å². The highest BCUT2D eigenvalue weighted by Gasteiger charge is 2.26. The van der Waals surface area contributed by atoms with Crippen LogP contribution in [0.2, 0.25) is 0 Å². The topological polar surface area (TPSA) is 116 Å². The van der Waals surface area contributed by atoms with Crippen molar-refractivity contribution in [1.82, 2.24) is 0 Å². The molecule has 0 aromatic heterocycles. The fourth-order valence-corrected chi connectivity index (χ4v) is 3.57. The minimum Gasteiger partial charge on any atom is -0.465 e. The van der Waals surface area contributed by atoms with Crippen LogP contribution >= 0.6 is 12.4 Å². The van der Waals surface area contributed by atoms with Gasteiger partial charge in [-0.2, -0.15) is 0 Å². The van der Waals surface area contributed by atoms with E-state index in [0.29, 0.717) is 0 Å². The molecule has 1 aromatic carbocycles. The summed E-state index contributed by atoms with van der Waals surface area (Å²) in [4.78, 5) is 23.8. The lowest BCUT2D eigenvalue weighted by molar-refractivity contribution is -0.117. The van der Waals surface area contributed by atoms with E-state index in [1.165, 1.54) is 25.3 Å². The van der Waals surface area contributed by atoms with Gasteiger partial charge in [0.1, 0.15) is 0 Å². The summed E-state index contributed by atoms with van der Waals surface area (Å²) in [6, 6.07) is 3.97. The van der Waals surface area contributed by atoms with Crippen LogP contribution in [0.4, 0.5) is 5.69 Å². The number of carbonyl (C=O) groups excluding carboxylic acids is 2. The predicted octanol–water partition coefficient (Wildman–Crippen LogP) is 1.75. The van der Waals surface area contributed by atoms with Crippen molar-refractivity contribution in [2.75, 3.05) is 18.7 Å². The standard InChI is InChI=1S/C16H22N2O5S.ClH/c1-23-16(20)11-6-12(9-13(7-11)24(2,21)22)18-15(19)8-10-4-3-5-14(10)17;/h6-7,9-10,14H,3-5,8,17H2,1-2H3,(H,18,19);1H/t10-,14+;/m0./s1. The Kier molecular flexibility index (Phi) is 7.40. The first-order valence-electron chi connectivity index (χ1n) is 7.69. The van der Waals surface area contributed by atoms with E-state index in [1.807, 2.05) is 0 Å². The molecule has 1 saturated carbocycles. The average Bonchev–Trinajstić information content (AvgIpc) is 2.90. The molecule has 3 N–H and O–H groups in total. The number of benzene rings is 1. The van der Waals surface area contributed by atoms with Gasteiger partial charge in [0, 0.05) is 24.4 Å². The summed E-state index contributed by atoms with van der Waals surface area (Å²) < 4.78 is 28.2. The number of sulfone groups is 1. The van der Waals surface area contributed by atoms with E-state index < -0.39 is 15.8 Å². The molecule has 1 aliphatic rings. The van der Waals surface area contributed by atoms with Gasteiger partial charge in [0.15, 0.2) is 9.84 Å². The Balaban J connectivity index is 0.00000312. The molecule has 0 heterocycles. The Labute approximate surface area is 153 Å². The summed E-state index contributed by atoms with van der Waals surface area (Å²) >= 11 is 0. The molecule has 0 saturated heterocycles. The van der Waals surface area contributed by atoms with Gasteiger partial charge >= 0.3 is 5.97 Å². The van der Waals surface area contributed by atoms with Crippen molar-refractivity contribution in [2.24, 2.45) is 11.7 Å². The lowest BCUT2D eigenvalue weighted by Crippen LogP contribution is -2.28. The number of carbonyl (C=O) groups is 2. The highest BCUT2D eigenvalue weighted by Crippen LogP contribution is 2.27. The molecule has 1 amide bonds. The van der Waals surface area contributed by atoms with Crippen LogP contribution in [0.15, 0.2) is 23.1 Å². The molecule has 0 spiro atoms. The molecule has 25 heavy (non-hydrogen) atoms. The molecule has 1 aliphatic carbocycles. The van der Waals surface area contributed by atoms with Crippen LogP contribution in [0.5, 0.6) is 0 Å². The zero-order chi connectivity index (χ0) is 17.9. The van der Waals surface area contributed by atoms with Crippen molar-refractivity contribution < 1.29 is 22.7 Å². The zero-order valence-electron chi connectivity index (χ0n) is 14.2. The van der Waals surface area contributed by atoms with Gasteiger partial charge in [0.05, 0.1) is 17.6 Å². The van der Waals surface area contributed by atoms with Crippen molar-refractivity contribution in [1.29, 1.82) is 0 Å². The van der Waals surface area contributed by atoms with Gasteiger partial charge in [-0.1, -0.05) is 6.42 Å². The lowest BCUT2D eigenvalue weighted by Gasteiger charge is -2.15. The second-order valence-corrected chi connectivity index (χ2v) is 8.13. The fraction of sp³-hybridized carbons (Fsp3) is 0.500. The number of halogens is 1. The molecule has 0 unspecified atom stereocenters. The van der Waals surface area contributed by atoms with E-state index in [1.54, 1.807) is 0 Å². The SMILES string of the molecule is COC(=O)c1cc(NC(=O)C[C@@H]2CCC[C@H]2N)cc(S(C)(=O)=O)c1.Cl. The van der Waals surface area contributed by atoms with Gasteiger partial charge < -0.3 is 15.8 Å². The molecular formula is C16H23ClN2O5S. The van der Waals surface area contributed by atoms with Crippen LogP contribution in [0.25, 0.3) is 0 Å². The summed E-state index contributed by atoms with van der Waals surface area (Å²) in [5.41, 5.74) is 6.27. The van der Waals surface area contributed by atoms with Crippen LogP contribution < -0.4 is 11.1 Å². The Hall–Kier alpha value is -1.64. The fourth-order valence-electron chi connectivity index (χ4n) is 2.89. The molecule has 1 fully saturated rings. The highest BCUT2D eigenvalue weighted by molar-refractivity contribution is 7.90. The largest absolute Gasteiger partial charge is 0.465 e. The van der Waals surface area contributed by atoms with Crippen LogP contribution in [0.1, 0.15) is 36.0 Å². The number of hydrogen-bond donors (Lipinski definition) is 2. The third-order valence-electron chi connectivity index (χ3n) is 4.20. The minimum atomic E-state index is -3.54. The van der Waals surface area contributed by atoms with E-state index >= 15 is 0 Å². The van der Waals surface area contributed by atoms with Gasteiger partial charge in [0.25, 0.3) is 0 Å². The van der Waals surface area contributed by atoms with Crippen molar-refractivity contribution >= 4 is 39.8 Å². The molecule has 1 aromatic rings. The van der Waals surface area contributed by atoms with E-state index in [-0.39, 0.29) is 52.8 Å². The molecule has 2 atom stereocenters. The van der Waals surface area contributed by atoms with Crippen molar-refractivity contribution in [3.8, 4) is 0 Å². The monoisotopic (exact) mass is 390 g/mol. The number of nitrogens with one attached hydrogen (secondary N) is 1. The smallest absolute Gasteiger partial charge is 0.337 e. The average molecular weight is 391 g/mol. The number of hydrogen-bond acceptors (Lipinski definition) is 6. The molecule has 0 aliphatic heterocycles. The minimum absolute atomic E-state index is 0. The molecule has 7 nitrogen and oxygen atoms in total. The maximum absolute atomic E-state index is 12.2. The number of ether oxygens (including phenoxy) is 1. The number of amides is 1. The summed E-state index contributed by atoms with van der Waals surface area (Å²) in [6.45, 7) is 0. The summed E-state index contributed by atoms with van der Waals surface area (Å²) in [6.07, 6.45) is 4.14. The molecule has 2 rings (SSSR count). The van der Waals surface area contributed by atoms with Crippen LogP contribution in [-0.2, 0) is 19.4 Å². The summed E-state index contributed by atoms with van der Waals surface area (Å²) in [5, 5.41) is 2.65. The number of anilines is 1. The van der Waals surface area contributed by atoms with Gasteiger partial charge in [-0.05, 0) is 37.0 Å². The molecule has 0 bridgehead atoms. The van der Waals surface area contributed by atoms with E-state index in [4.69, 9.17) is 5.73 Å². The summed E-state index contributed by atoms with van der Waals surface area (Å²) in [7, 11) is -2.33. The van der Waals surface area contributed by atoms with Gasteiger partial charge in [0.2, 0.25) is 5.91 Å². The Bertz CT molecular complexity index is 751. The Morgan fingerprint density at radius 3 is 2.48 bits per heavy atom. The first-order valence-corrected chi connectivity index (χ1v) is 9.58. The second-order valence-electron chi connectivity index (χ2n) is 6.12. The molecule has 140 valence electrons. The maximum Gasteiger partial charge on any atom is 0.337 e. The molecule has 0 radical (unpaired) electrons. The van der Waals surface area contributed by atoms with Gasteiger partial charge in [-0.3, -0.25) is 4.79 Å². The molecule has 9 heteroatoms. The van der Waals surface area contributed by atoms with E-state index in [0.717, 1.165) is 25.5 Å². The third-order valence-corrected chi connectivity index (χ3v) is 5.30. The Morgan fingerprint density at radius 2 is 1.96 bits per heavy atom. The van der Waals surface area contributed by atoms with Gasteiger partial charge in [-0.25, -0.2) is 13.2 Å². The van der Waals surface area contributed by atoms with E-state index in [2.05, 4.69) is 10.1 Å². The normalized spacial score (nSPS) is 19.8. The first kappa shape index (κ1) is 21.4. The lowest BCUT2D eigenvalue weighted by atomic mass is 10.00. The highest BCUT2D eigenvalue weighted by atomic mass is 35.5. The summed E-state index contributed by atoms with van der Waals surface area (Å²) in [5.74, 6) is -0.796. The molecular weight excluding hydrogens is 368 g/mol. The predicted molar refractivity (Wildman–Crippen MR) is 96.7 cm³/mol. The number of esters is 1. The van der Waals surface area contributed by atoms with Crippen molar-refractivity contribution in [3.63, 3.8) is 0 Å². The second kappa shape index (κ2) is 8.64. The van der Waals surface area contributed by atoms with Crippen LogP contribution in [0.3, 0.4) is 0 Å². The van der Waals surface area contributed by atoms with Crippen LogP contribution in [-0.4, -0.2) is 39.7 Å². The van der Waals surface area contributed by atoms with Crippen molar-refractivity contribution in [2.45, 2.75) is 36.6 Å². The quantitative estimate of drug-likeness (QED) is 0.740. The Morgan fingerprint density at radius 1 is 1.28 bits per heavy atom. The first-order chi connectivity index (χ1) is 11.2. The third kappa shape index (κ3) is 5.69. The zero-order valence-corrected chi connectivity index (χ0v) is 15.8. The number of rotatable bonds is 5. The van der Waals surface area contributed by atoms with Gasteiger partial charge in [-0.15, -0.1) is 12.4 Å². The number of methoxy groups -OCH3 is 1. The van der Waals surface area contributed by atoms with E-state index in [9.17, 15) is 18.0 Å². The number of nitrogens with two attached hydrogens (primary N) is 1.